The van der Waals surface area contributed by atoms with Gasteiger partial charge in [-0.15, -0.1) is 0 Å². The van der Waals surface area contributed by atoms with E-state index in [1.54, 1.807) is 12.1 Å². The zero-order valence-electron chi connectivity index (χ0n) is 16.8. The number of likely N-dealkylation sites (tertiary alicyclic amines) is 1. The zero-order chi connectivity index (χ0) is 20.8. The summed E-state index contributed by atoms with van der Waals surface area (Å²) in [6, 6.07) is 14.5. The Hall–Kier alpha value is -2.95. The molecule has 1 saturated heterocycles. The third-order valence-electron chi connectivity index (χ3n) is 5.66. The first-order valence-electron chi connectivity index (χ1n) is 10.1. The van der Waals surface area contributed by atoms with E-state index in [-0.39, 0.29) is 24.5 Å². The van der Waals surface area contributed by atoms with Crippen LogP contribution in [-0.2, 0) is 11.2 Å². The molecular formula is C24H27NO4. The van der Waals surface area contributed by atoms with Crippen molar-refractivity contribution in [3.8, 4) is 0 Å². The number of nitrogens with zero attached hydrogens (tertiary/aromatic N) is 1. The largest absolute Gasteiger partial charge is 0.478 e. The molecule has 3 rings (SSSR count). The quantitative estimate of drug-likeness (QED) is 0.718. The highest BCUT2D eigenvalue weighted by atomic mass is 16.4. The maximum Gasteiger partial charge on any atom is 0.335 e. The molecule has 0 atom stereocenters. The van der Waals surface area contributed by atoms with Crippen molar-refractivity contribution < 1.29 is 19.5 Å². The van der Waals surface area contributed by atoms with Gasteiger partial charge in [-0.3, -0.25) is 9.59 Å². The number of carbonyl (C=O) groups is 3. The fourth-order valence-corrected chi connectivity index (χ4v) is 3.87. The van der Waals surface area contributed by atoms with E-state index < -0.39 is 5.97 Å². The maximum atomic E-state index is 12.5. The van der Waals surface area contributed by atoms with Crippen LogP contribution in [-0.4, -0.2) is 40.8 Å². The van der Waals surface area contributed by atoms with E-state index in [2.05, 4.69) is 0 Å². The SMILES string of the molecule is Cc1ccc(C(=O)CCC(=O)N2CCC(Cc3ccccc3C(=O)O)CC2)cc1. The molecule has 0 unspecified atom stereocenters. The molecule has 152 valence electrons. The normalized spacial score (nSPS) is 14.6. The van der Waals surface area contributed by atoms with Gasteiger partial charge >= 0.3 is 5.97 Å². The van der Waals surface area contributed by atoms with Gasteiger partial charge in [-0.1, -0.05) is 48.0 Å². The molecule has 1 amide bonds. The Morgan fingerprint density at radius 2 is 1.62 bits per heavy atom. The lowest BCUT2D eigenvalue weighted by Gasteiger charge is -2.32. The third kappa shape index (κ3) is 5.53. The second-order valence-corrected chi connectivity index (χ2v) is 7.78. The highest BCUT2D eigenvalue weighted by molar-refractivity contribution is 5.98. The minimum atomic E-state index is -0.897. The predicted octanol–water partition coefficient (Wildman–Crippen LogP) is 4.14. The Morgan fingerprint density at radius 3 is 2.28 bits per heavy atom. The molecule has 0 saturated carbocycles. The number of carbonyl (C=O) groups excluding carboxylic acids is 2. The van der Waals surface area contributed by atoms with Gasteiger partial charge in [-0.25, -0.2) is 4.79 Å². The summed E-state index contributed by atoms with van der Waals surface area (Å²) in [7, 11) is 0. The van der Waals surface area contributed by atoms with Gasteiger partial charge in [0.1, 0.15) is 0 Å². The van der Waals surface area contributed by atoms with Crippen LogP contribution in [0.5, 0.6) is 0 Å². The van der Waals surface area contributed by atoms with Crippen molar-refractivity contribution in [2.24, 2.45) is 5.92 Å². The van der Waals surface area contributed by atoms with Crippen LogP contribution in [0, 0.1) is 12.8 Å². The van der Waals surface area contributed by atoms with Crippen molar-refractivity contribution in [1.82, 2.24) is 4.90 Å². The molecule has 5 heteroatoms. The standard InChI is InChI=1S/C24H27NO4/c1-17-6-8-19(9-7-17)22(26)10-11-23(27)25-14-12-18(13-15-25)16-20-4-2-3-5-21(20)24(28)29/h2-9,18H,10-16H2,1H3,(H,28,29). The monoisotopic (exact) mass is 393 g/mol. The van der Waals surface area contributed by atoms with Crippen LogP contribution >= 0.6 is 0 Å². The van der Waals surface area contributed by atoms with Crippen LogP contribution in [0.2, 0.25) is 0 Å². The summed E-state index contributed by atoms with van der Waals surface area (Å²) in [5.41, 5.74) is 2.97. The Labute approximate surface area is 171 Å². The topological polar surface area (TPSA) is 74.7 Å². The fraction of sp³-hybridized carbons (Fsp3) is 0.375. The highest BCUT2D eigenvalue weighted by Crippen LogP contribution is 2.24. The summed E-state index contributed by atoms with van der Waals surface area (Å²) >= 11 is 0. The predicted molar refractivity (Wildman–Crippen MR) is 111 cm³/mol. The molecule has 0 aliphatic carbocycles. The molecule has 1 heterocycles. The summed E-state index contributed by atoms with van der Waals surface area (Å²) < 4.78 is 0. The smallest absolute Gasteiger partial charge is 0.335 e. The van der Waals surface area contributed by atoms with E-state index in [9.17, 15) is 19.5 Å². The Bertz CT molecular complexity index is 880. The number of carboxylic acid groups (broad SMARTS) is 1. The van der Waals surface area contributed by atoms with Gasteiger partial charge in [0, 0.05) is 31.5 Å². The number of carboxylic acids is 1. The molecule has 0 radical (unpaired) electrons. The molecule has 29 heavy (non-hydrogen) atoms. The van der Waals surface area contributed by atoms with Crippen LogP contribution < -0.4 is 0 Å². The van der Waals surface area contributed by atoms with E-state index in [1.807, 2.05) is 48.2 Å². The van der Waals surface area contributed by atoms with Crippen molar-refractivity contribution in [3.63, 3.8) is 0 Å². The van der Waals surface area contributed by atoms with E-state index in [1.165, 1.54) is 0 Å². The summed E-state index contributed by atoms with van der Waals surface area (Å²) in [4.78, 5) is 38.0. The molecule has 1 aliphatic heterocycles. The van der Waals surface area contributed by atoms with Crippen LogP contribution in [0.3, 0.4) is 0 Å². The minimum absolute atomic E-state index is 0.00138. The first-order valence-corrected chi connectivity index (χ1v) is 10.1. The highest BCUT2D eigenvalue weighted by Gasteiger charge is 2.24. The van der Waals surface area contributed by atoms with Crippen LogP contribution in [0.25, 0.3) is 0 Å². The lowest BCUT2D eigenvalue weighted by atomic mass is 9.88. The first kappa shape index (κ1) is 20.8. The minimum Gasteiger partial charge on any atom is -0.478 e. The van der Waals surface area contributed by atoms with Crippen LogP contribution in [0.4, 0.5) is 0 Å². The lowest BCUT2D eigenvalue weighted by molar-refractivity contribution is -0.132. The number of Topliss-reactive ketones (excluding diaryl/α,β-unsaturated/α-hetero) is 1. The Morgan fingerprint density at radius 1 is 0.966 bits per heavy atom. The molecular weight excluding hydrogens is 366 g/mol. The van der Waals surface area contributed by atoms with Crippen molar-refractivity contribution in [1.29, 1.82) is 0 Å². The van der Waals surface area contributed by atoms with Gasteiger partial charge < -0.3 is 10.0 Å². The Kier molecular flexibility index (Phi) is 6.81. The van der Waals surface area contributed by atoms with Gasteiger partial charge in [-0.2, -0.15) is 0 Å². The van der Waals surface area contributed by atoms with Gasteiger partial charge in [0.2, 0.25) is 5.91 Å². The maximum absolute atomic E-state index is 12.5. The van der Waals surface area contributed by atoms with E-state index in [0.717, 1.165) is 30.4 Å². The number of aryl methyl sites for hydroxylation is 1. The van der Waals surface area contributed by atoms with Crippen LogP contribution in [0.15, 0.2) is 48.5 Å². The van der Waals surface area contributed by atoms with E-state index >= 15 is 0 Å². The van der Waals surface area contributed by atoms with Gasteiger partial charge in [0.05, 0.1) is 5.56 Å². The number of amides is 1. The average Bonchev–Trinajstić information content (AvgIpc) is 2.73. The van der Waals surface area contributed by atoms with Crippen LogP contribution in [0.1, 0.15) is 57.5 Å². The number of benzene rings is 2. The number of rotatable bonds is 7. The number of piperidine rings is 1. The van der Waals surface area contributed by atoms with Crippen molar-refractivity contribution >= 4 is 17.7 Å². The molecule has 0 aromatic heterocycles. The Balaban J connectivity index is 1.46. The summed E-state index contributed by atoms with van der Waals surface area (Å²) in [5, 5.41) is 9.33. The average molecular weight is 393 g/mol. The summed E-state index contributed by atoms with van der Waals surface area (Å²) in [6.07, 6.45) is 2.89. The number of aromatic carboxylic acids is 1. The van der Waals surface area contributed by atoms with Crippen molar-refractivity contribution in [2.45, 2.75) is 39.0 Å². The number of ketones is 1. The molecule has 0 spiro atoms. The van der Waals surface area contributed by atoms with Crippen molar-refractivity contribution in [3.05, 3.63) is 70.8 Å². The molecule has 1 fully saturated rings. The molecule has 1 aliphatic rings. The molecule has 5 nitrogen and oxygen atoms in total. The van der Waals surface area contributed by atoms with Crippen molar-refractivity contribution in [2.75, 3.05) is 13.1 Å². The van der Waals surface area contributed by atoms with E-state index in [4.69, 9.17) is 0 Å². The molecule has 2 aromatic rings. The van der Waals surface area contributed by atoms with Gasteiger partial charge in [0.25, 0.3) is 0 Å². The fourth-order valence-electron chi connectivity index (χ4n) is 3.87. The zero-order valence-corrected chi connectivity index (χ0v) is 16.8. The first-order chi connectivity index (χ1) is 13.9. The van der Waals surface area contributed by atoms with Gasteiger partial charge in [0.15, 0.2) is 5.78 Å². The van der Waals surface area contributed by atoms with Gasteiger partial charge in [-0.05, 0) is 43.7 Å². The number of hydrogen-bond acceptors (Lipinski definition) is 3. The second kappa shape index (κ2) is 9.50. The summed E-state index contributed by atoms with van der Waals surface area (Å²) in [6.45, 7) is 3.30. The lowest BCUT2D eigenvalue weighted by Crippen LogP contribution is -2.39. The molecule has 2 aromatic carbocycles. The molecule has 1 N–H and O–H groups in total. The summed E-state index contributed by atoms with van der Waals surface area (Å²) in [5.74, 6) is -0.506. The number of hydrogen-bond donors (Lipinski definition) is 1. The van der Waals surface area contributed by atoms with E-state index in [0.29, 0.717) is 30.1 Å². The molecule has 0 bridgehead atoms. The second-order valence-electron chi connectivity index (χ2n) is 7.78. The third-order valence-corrected chi connectivity index (χ3v) is 5.66.